The van der Waals surface area contributed by atoms with E-state index in [0.29, 0.717) is 17.8 Å². The van der Waals surface area contributed by atoms with Crippen LogP contribution in [0.4, 0.5) is 5.82 Å². The van der Waals surface area contributed by atoms with Crippen LogP contribution in [0.25, 0.3) is 0 Å². The van der Waals surface area contributed by atoms with E-state index in [1.54, 1.807) is 0 Å². The van der Waals surface area contributed by atoms with Crippen molar-refractivity contribution in [3.05, 3.63) is 22.2 Å². The molecule has 1 unspecified atom stereocenters. The fraction of sp³-hybridized carbons (Fsp3) is 0.667. The maximum absolute atomic E-state index is 11.4. The van der Waals surface area contributed by atoms with Gasteiger partial charge in [0.2, 0.25) is 0 Å². The minimum absolute atomic E-state index is 0.0527. The number of nitrogens with zero attached hydrogens (tertiary/aromatic N) is 1. The number of hydrogen-bond acceptors (Lipinski definition) is 3. The van der Waals surface area contributed by atoms with E-state index in [4.69, 9.17) is 0 Å². The number of nitrogens with one attached hydrogen (secondary N) is 2. The van der Waals surface area contributed by atoms with E-state index in [1.807, 2.05) is 0 Å². The van der Waals surface area contributed by atoms with Gasteiger partial charge in [0, 0.05) is 18.0 Å². The van der Waals surface area contributed by atoms with Crippen molar-refractivity contribution >= 4 is 5.82 Å². The molecule has 1 aromatic rings. The highest BCUT2D eigenvalue weighted by molar-refractivity contribution is 5.34. The Hall–Kier alpha value is -1.32. The summed E-state index contributed by atoms with van der Waals surface area (Å²) in [7, 11) is 0. The molecule has 1 aliphatic carbocycles. The lowest BCUT2D eigenvalue weighted by Crippen LogP contribution is -2.19. The van der Waals surface area contributed by atoms with E-state index in [9.17, 15) is 4.79 Å². The molecule has 1 fully saturated rings. The lowest BCUT2D eigenvalue weighted by atomic mass is 10.2. The zero-order valence-corrected chi connectivity index (χ0v) is 9.92. The number of anilines is 1. The summed E-state index contributed by atoms with van der Waals surface area (Å²) in [5.74, 6) is 2.04. The lowest BCUT2D eigenvalue weighted by Gasteiger charge is -2.13. The van der Waals surface area contributed by atoms with Gasteiger partial charge in [-0.3, -0.25) is 4.79 Å². The molecule has 0 radical (unpaired) electrons. The third kappa shape index (κ3) is 2.84. The van der Waals surface area contributed by atoms with Crippen LogP contribution in [0.2, 0.25) is 0 Å². The van der Waals surface area contributed by atoms with Gasteiger partial charge in [-0.05, 0) is 26.2 Å². The van der Waals surface area contributed by atoms with Crippen molar-refractivity contribution in [2.24, 2.45) is 0 Å². The Balaban J connectivity index is 2.10. The Morgan fingerprint density at radius 1 is 1.62 bits per heavy atom. The first-order valence-electron chi connectivity index (χ1n) is 6.07. The molecule has 1 aliphatic rings. The molecule has 1 saturated carbocycles. The Morgan fingerprint density at radius 2 is 2.38 bits per heavy atom. The summed E-state index contributed by atoms with van der Waals surface area (Å²) >= 11 is 0. The minimum atomic E-state index is -0.0527. The second-order valence-corrected chi connectivity index (χ2v) is 4.62. The predicted molar refractivity (Wildman–Crippen MR) is 64.8 cm³/mol. The topological polar surface area (TPSA) is 57.8 Å². The van der Waals surface area contributed by atoms with Crippen molar-refractivity contribution < 1.29 is 0 Å². The molecular formula is C12H19N3O. The van der Waals surface area contributed by atoms with E-state index in [2.05, 4.69) is 29.1 Å². The molecule has 0 spiro atoms. The highest BCUT2D eigenvalue weighted by Crippen LogP contribution is 2.37. The van der Waals surface area contributed by atoms with Crippen LogP contribution in [0.15, 0.2) is 10.9 Å². The zero-order chi connectivity index (χ0) is 11.5. The van der Waals surface area contributed by atoms with Gasteiger partial charge in [-0.15, -0.1) is 0 Å². The fourth-order valence-electron chi connectivity index (χ4n) is 1.86. The summed E-state index contributed by atoms with van der Waals surface area (Å²) in [6.45, 7) is 4.27. The highest BCUT2D eigenvalue weighted by atomic mass is 16.1. The Labute approximate surface area is 95.5 Å². The zero-order valence-electron chi connectivity index (χ0n) is 9.92. The standard InChI is InChI=1S/C12H19N3O/c1-3-4-8(2)13-10-7-11(16)15-12(14-10)9-5-6-9/h7-9H,3-6H2,1-2H3,(H2,13,14,15,16). The molecule has 1 heterocycles. The van der Waals surface area contributed by atoms with Gasteiger partial charge in [0.05, 0.1) is 0 Å². The minimum Gasteiger partial charge on any atom is -0.367 e. The van der Waals surface area contributed by atoms with E-state index in [0.717, 1.165) is 31.5 Å². The SMILES string of the molecule is CCCC(C)Nc1cc(=O)[nH]c(C2CC2)n1. The Kier molecular flexibility index (Phi) is 3.27. The van der Waals surface area contributed by atoms with Crippen molar-refractivity contribution in [3.63, 3.8) is 0 Å². The van der Waals surface area contributed by atoms with E-state index in [1.165, 1.54) is 6.07 Å². The summed E-state index contributed by atoms with van der Waals surface area (Å²) in [5.41, 5.74) is -0.0527. The molecule has 4 nitrogen and oxygen atoms in total. The van der Waals surface area contributed by atoms with Gasteiger partial charge < -0.3 is 10.3 Å². The molecule has 2 rings (SSSR count). The molecule has 2 N–H and O–H groups in total. The van der Waals surface area contributed by atoms with Crippen LogP contribution < -0.4 is 10.9 Å². The molecule has 0 saturated heterocycles. The van der Waals surface area contributed by atoms with Crippen LogP contribution in [-0.4, -0.2) is 16.0 Å². The monoisotopic (exact) mass is 221 g/mol. The van der Waals surface area contributed by atoms with Crippen molar-refractivity contribution in [3.8, 4) is 0 Å². The van der Waals surface area contributed by atoms with Crippen LogP contribution in [0.1, 0.15) is 51.3 Å². The largest absolute Gasteiger partial charge is 0.367 e. The summed E-state index contributed by atoms with van der Waals surface area (Å²) in [4.78, 5) is 18.7. The van der Waals surface area contributed by atoms with Gasteiger partial charge in [-0.2, -0.15) is 0 Å². The normalized spacial score (nSPS) is 17.1. The average molecular weight is 221 g/mol. The van der Waals surface area contributed by atoms with Gasteiger partial charge in [0.15, 0.2) is 0 Å². The number of hydrogen-bond donors (Lipinski definition) is 2. The predicted octanol–water partition coefficient (Wildman–Crippen LogP) is 2.25. The maximum Gasteiger partial charge on any atom is 0.252 e. The second kappa shape index (κ2) is 4.68. The van der Waals surface area contributed by atoms with Gasteiger partial charge in [0.25, 0.3) is 5.56 Å². The van der Waals surface area contributed by atoms with Crippen molar-refractivity contribution in [1.29, 1.82) is 0 Å². The smallest absolute Gasteiger partial charge is 0.252 e. The molecule has 1 aromatic heterocycles. The van der Waals surface area contributed by atoms with Gasteiger partial charge in [-0.1, -0.05) is 13.3 Å². The van der Waals surface area contributed by atoms with Crippen molar-refractivity contribution in [2.75, 3.05) is 5.32 Å². The van der Waals surface area contributed by atoms with Gasteiger partial charge in [-0.25, -0.2) is 4.98 Å². The molecule has 1 atom stereocenters. The molecule has 0 aliphatic heterocycles. The van der Waals surface area contributed by atoms with E-state index >= 15 is 0 Å². The van der Waals surface area contributed by atoms with E-state index < -0.39 is 0 Å². The number of aromatic amines is 1. The Bertz CT molecular complexity index is 409. The van der Waals surface area contributed by atoms with E-state index in [-0.39, 0.29) is 5.56 Å². The molecule has 4 heteroatoms. The number of rotatable bonds is 5. The summed E-state index contributed by atoms with van der Waals surface area (Å²) < 4.78 is 0. The third-order valence-electron chi connectivity index (χ3n) is 2.84. The first-order valence-corrected chi connectivity index (χ1v) is 6.07. The summed E-state index contributed by atoms with van der Waals surface area (Å²) in [6, 6.07) is 1.91. The Morgan fingerprint density at radius 3 is 3.00 bits per heavy atom. The molecule has 0 aromatic carbocycles. The van der Waals surface area contributed by atoms with Gasteiger partial charge >= 0.3 is 0 Å². The van der Waals surface area contributed by atoms with Crippen molar-refractivity contribution in [2.45, 2.75) is 51.5 Å². The molecule has 0 amide bonds. The molecule has 88 valence electrons. The first kappa shape index (κ1) is 11.2. The molecule has 0 bridgehead atoms. The van der Waals surface area contributed by atoms with Crippen LogP contribution in [0.5, 0.6) is 0 Å². The number of H-pyrrole nitrogens is 1. The summed E-state index contributed by atoms with van der Waals surface area (Å²) in [6.07, 6.45) is 4.52. The van der Waals surface area contributed by atoms with Crippen molar-refractivity contribution in [1.82, 2.24) is 9.97 Å². The van der Waals surface area contributed by atoms with Crippen LogP contribution in [0, 0.1) is 0 Å². The fourth-order valence-corrected chi connectivity index (χ4v) is 1.86. The third-order valence-corrected chi connectivity index (χ3v) is 2.84. The summed E-state index contributed by atoms with van der Waals surface area (Å²) in [5, 5.41) is 3.28. The van der Waals surface area contributed by atoms with Crippen LogP contribution >= 0.6 is 0 Å². The second-order valence-electron chi connectivity index (χ2n) is 4.62. The first-order chi connectivity index (χ1) is 7.69. The molecule has 16 heavy (non-hydrogen) atoms. The van der Waals surface area contributed by atoms with Crippen LogP contribution in [-0.2, 0) is 0 Å². The maximum atomic E-state index is 11.4. The highest BCUT2D eigenvalue weighted by Gasteiger charge is 2.26. The molecular weight excluding hydrogens is 202 g/mol. The lowest BCUT2D eigenvalue weighted by molar-refractivity contribution is 0.685. The average Bonchev–Trinajstić information content (AvgIpc) is 2.99. The van der Waals surface area contributed by atoms with Gasteiger partial charge in [0.1, 0.15) is 11.6 Å². The van der Waals surface area contributed by atoms with Crippen LogP contribution in [0.3, 0.4) is 0 Å². The quantitative estimate of drug-likeness (QED) is 0.801. The number of aromatic nitrogens is 2.